The Morgan fingerprint density at radius 2 is 1.90 bits per heavy atom. The third-order valence-corrected chi connectivity index (χ3v) is 4.65. The zero-order valence-corrected chi connectivity index (χ0v) is 16.7. The number of urea groups is 1. The number of benzene rings is 2. The number of anilines is 1. The molecule has 0 aromatic heterocycles. The van der Waals surface area contributed by atoms with Crippen LogP contribution >= 0.6 is 0 Å². The summed E-state index contributed by atoms with van der Waals surface area (Å²) in [6.45, 7) is 3.74. The first-order chi connectivity index (χ1) is 14.2. The average Bonchev–Trinajstić information content (AvgIpc) is 3.02. The van der Waals surface area contributed by atoms with Crippen LogP contribution in [0, 0.1) is 0 Å². The zero-order chi connectivity index (χ0) is 21.7. The fraction of sp³-hybridized carbons (Fsp3) is 0.333. The summed E-state index contributed by atoms with van der Waals surface area (Å²) in [5, 5.41) is 2.26. The summed E-state index contributed by atoms with van der Waals surface area (Å²) in [7, 11) is 0. The molecule has 0 radical (unpaired) electrons. The first-order valence-corrected chi connectivity index (χ1v) is 9.45. The molecular weight excluding hydrogens is 394 g/mol. The second kappa shape index (κ2) is 9.08. The summed E-state index contributed by atoms with van der Waals surface area (Å²) in [5.74, 6) is 0.0605. The number of hydrogen-bond donors (Lipinski definition) is 3. The third kappa shape index (κ3) is 5.66. The van der Waals surface area contributed by atoms with E-state index in [1.54, 1.807) is 24.3 Å². The van der Waals surface area contributed by atoms with E-state index in [4.69, 9.17) is 4.74 Å². The van der Waals surface area contributed by atoms with Crippen LogP contribution < -0.4 is 20.9 Å². The minimum Gasteiger partial charge on any atom is -0.488 e. The maximum Gasteiger partial charge on any atom is 0.324 e. The molecule has 1 heterocycles. The number of nitrogens with one attached hydrogen (secondary N) is 3. The number of nitrogens with zero attached hydrogens (tertiary/aromatic N) is 1. The number of ether oxygens (including phenoxy) is 1. The van der Waals surface area contributed by atoms with Crippen molar-refractivity contribution in [2.45, 2.75) is 32.4 Å². The van der Waals surface area contributed by atoms with E-state index in [1.807, 2.05) is 38.1 Å². The largest absolute Gasteiger partial charge is 0.488 e. The van der Waals surface area contributed by atoms with Crippen LogP contribution in [-0.4, -0.2) is 36.4 Å². The maximum atomic E-state index is 12.3. The Balaban J connectivity index is 1.58. The molecule has 160 valence electrons. The van der Waals surface area contributed by atoms with Gasteiger partial charge in [-0.1, -0.05) is 30.3 Å². The molecule has 0 unspecified atom stereocenters. The van der Waals surface area contributed by atoms with Gasteiger partial charge in [-0.3, -0.25) is 10.1 Å². The van der Waals surface area contributed by atoms with Gasteiger partial charge in [0.2, 0.25) is 5.91 Å². The smallest absolute Gasteiger partial charge is 0.324 e. The number of halogens is 2. The number of imide groups is 1. The highest BCUT2D eigenvalue weighted by Crippen LogP contribution is 2.23. The molecule has 0 saturated carbocycles. The first kappa shape index (κ1) is 21.5. The van der Waals surface area contributed by atoms with Crippen LogP contribution in [0.2, 0.25) is 0 Å². The number of rotatable bonds is 9. The Morgan fingerprint density at radius 3 is 2.53 bits per heavy atom. The van der Waals surface area contributed by atoms with Gasteiger partial charge < -0.3 is 15.1 Å². The Morgan fingerprint density at radius 1 is 1.17 bits per heavy atom. The standard InChI is InChI=1S/C21H24F2N4O3/c1-21(2,26-25-16-4-3-5-17(10-16)30-13-18(22)23)15-8-6-14(7-9-15)11-27-12-19(28)24-20(27)29/h3-10,18,25-26H,11-13H2,1-2H3,(H,24,28,29). The van der Waals surface area contributed by atoms with Gasteiger partial charge in [0.1, 0.15) is 18.9 Å². The van der Waals surface area contributed by atoms with Gasteiger partial charge in [-0.15, -0.1) is 0 Å². The van der Waals surface area contributed by atoms with E-state index in [1.165, 1.54) is 4.90 Å². The number of alkyl halides is 2. The number of hydrogen-bond acceptors (Lipinski definition) is 5. The lowest BCUT2D eigenvalue weighted by molar-refractivity contribution is -0.118. The first-order valence-electron chi connectivity index (χ1n) is 9.45. The Hall–Kier alpha value is -3.20. The van der Waals surface area contributed by atoms with Crippen LogP contribution in [0.15, 0.2) is 48.5 Å². The van der Waals surface area contributed by atoms with Crippen LogP contribution in [0.5, 0.6) is 5.75 Å². The summed E-state index contributed by atoms with van der Waals surface area (Å²) < 4.78 is 29.6. The van der Waals surface area contributed by atoms with Crippen molar-refractivity contribution >= 4 is 17.6 Å². The van der Waals surface area contributed by atoms with Gasteiger partial charge in [0.05, 0.1) is 11.2 Å². The summed E-state index contributed by atoms with van der Waals surface area (Å²) in [6.07, 6.45) is -2.53. The molecule has 2 aromatic carbocycles. The monoisotopic (exact) mass is 418 g/mol. The van der Waals surface area contributed by atoms with Crippen molar-refractivity contribution in [3.05, 3.63) is 59.7 Å². The van der Waals surface area contributed by atoms with Crippen molar-refractivity contribution in [2.24, 2.45) is 0 Å². The quantitative estimate of drug-likeness (QED) is 0.430. The van der Waals surface area contributed by atoms with Crippen molar-refractivity contribution in [1.29, 1.82) is 0 Å². The highest BCUT2D eigenvalue weighted by atomic mass is 19.3. The molecule has 1 saturated heterocycles. The van der Waals surface area contributed by atoms with E-state index in [0.717, 1.165) is 11.1 Å². The van der Waals surface area contributed by atoms with Gasteiger partial charge >= 0.3 is 6.03 Å². The molecule has 3 rings (SSSR count). The minimum absolute atomic E-state index is 0.0671. The van der Waals surface area contributed by atoms with Crippen molar-refractivity contribution in [1.82, 2.24) is 15.6 Å². The van der Waals surface area contributed by atoms with E-state index in [2.05, 4.69) is 16.2 Å². The van der Waals surface area contributed by atoms with Crippen LogP contribution in [-0.2, 0) is 16.9 Å². The second-order valence-corrected chi connectivity index (χ2v) is 7.51. The second-order valence-electron chi connectivity index (χ2n) is 7.51. The lowest BCUT2D eigenvalue weighted by atomic mass is 9.94. The number of hydrazine groups is 1. The van der Waals surface area contributed by atoms with E-state index in [0.29, 0.717) is 18.0 Å². The fourth-order valence-electron chi connectivity index (χ4n) is 2.98. The molecule has 0 bridgehead atoms. The summed E-state index contributed by atoms with van der Waals surface area (Å²) in [5.41, 5.74) is 8.42. The molecule has 30 heavy (non-hydrogen) atoms. The Bertz CT molecular complexity index is 903. The lowest BCUT2D eigenvalue weighted by Crippen LogP contribution is -2.40. The van der Waals surface area contributed by atoms with Gasteiger partial charge in [0, 0.05) is 12.6 Å². The van der Waals surface area contributed by atoms with Gasteiger partial charge in [0.25, 0.3) is 6.43 Å². The average molecular weight is 418 g/mol. The number of amides is 3. The molecule has 0 atom stereocenters. The minimum atomic E-state index is -2.53. The molecular formula is C21H24F2N4O3. The molecule has 1 aliphatic heterocycles. The van der Waals surface area contributed by atoms with Crippen LogP contribution in [0.4, 0.5) is 19.3 Å². The molecule has 7 nitrogen and oxygen atoms in total. The number of carbonyl (C=O) groups excluding carboxylic acids is 2. The van der Waals surface area contributed by atoms with Gasteiger partial charge in [0.15, 0.2) is 0 Å². The summed E-state index contributed by atoms with van der Waals surface area (Å²) >= 11 is 0. The molecule has 0 aliphatic carbocycles. The molecule has 3 amide bonds. The van der Waals surface area contributed by atoms with E-state index in [-0.39, 0.29) is 18.5 Å². The van der Waals surface area contributed by atoms with Crippen molar-refractivity contribution in [2.75, 3.05) is 18.6 Å². The van der Waals surface area contributed by atoms with Crippen LogP contribution in [0.1, 0.15) is 25.0 Å². The Labute approximate surface area is 173 Å². The molecule has 3 N–H and O–H groups in total. The van der Waals surface area contributed by atoms with Gasteiger partial charge in [-0.2, -0.15) is 0 Å². The summed E-state index contributed by atoms with van der Waals surface area (Å²) in [4.78, 5) is 24.4. The number of carbonyl (C=O) groups is 2. The van der Waals surface area contributed by atoms with Crippen molar-refractivity contribution in [3.63, 3.8) is 0 Å². The van der Waals surface area contributed by atoms with E-state index < -0.39 is 18.6 Å². The highest BCUT2D eigenvalue weighted by Gasteiger charge is 2.26. The normalized spacial score (nSPS) is 14.2. The zero-order valence-electron chi connectivity index (χ0n) is 16.7. The topological polar surface area (TPSA) is 82.7 Å². The predicted octanol–water partition coefficient (Wildman–Crippen LogP) is 3.23. The maximum absolute atomic E-state index is 12.3. The highest BCUT2D eigenvalue weighted by molar-refractivity contribution is 6.01. The van der Waals surface area contributed by atoms with Gasteiger partial charge in [-0.05, 0) is 37.1 Å². The van der Waals surface area contributed by atoms with Crippen molar-refractivity contribution in [3.8, 4) is 5.75 Å². The Kier molecular flexibility index (Phi) is 6.51. The van der Waals surface area contributed by atoms with E-state index in [9.17, 15) is 18.4 Å². The molecule has 1 aliphatic rings. The van der Waals surface area contributed by atoms with Crippen LogP contribution in [0.25, 0.3) is 0 Å². The summed E-state index contributed by atoms with van der Waals surface area (Å²) in [6, 6.07) is 14.1. The molecule has 2 aromatic rings. The molecule has 0 spiro atoms. The molecule has 9 heteroatoms. The van der Waals surface area contributed by atoms with E-state index >= 15 is 0 Å². The third-order valence-electron chi connectivity index (χ3n) is 4.65. The van der Waals surface area contributed by atoms with Gasteiger partial charge in [-0.25, -0.2) is 19.0 Å². The molecule has 1 fully saturated rings. The fourth-order valence-corrected chi connectivity index (χ4v) is 2.98. The lowest BCUT2D eigenvalue weighted by Gasteiger charge is -2.28. The SMILES string of the molecule is CC(C)(NNc1cccc(OCC(F)F)c1)c1ccc(CN2CC(=O)NC2=O)cc1. The van der Waals surface area contributed by atoms with Crippen molar-refractivity contribution < 1.29 is 23.1 Å². The predicted molar refractivity (Wildman–Crippen MR) is 108 cm³/mol. The van der Waals surface area contributed by atoms with Crippen LogP contribution in [0.3, 0.4) is 0 Å².